The van der Waals surface area contributed by atoms with Crippen molar-refractivity contribution in [3.8, 4) is 11.5 Å². The first-order chi connectivity index (χ1) is 15.5. The van der Waals surface area contributed by atoms with Crippen molar-refractivity contribution in [3.63, 3.8) is 0 Å². The number of carbonyl (C=O) groups excluding carboxylic acids is 2. The third kappa shape index (κ3) is 4.43. The Labute approximate surface area is 195 Å². The summed E-state index contributed by atoms with van der Waals surface area (Å²) >= 11 is 2.73. The normalized spacial score (nSPS) is 18.9. The summed E-state index contributed by atoms with van der Waals surface area (Å²) in [4.78, 5) is 26.6. The molecule has 2 aromatic rings. The van der Waals surface area contributed by atoms with Crippen LogP contribution in [0, 0.1) is 0 Å². The molecule has 0 saturated heterocycles. The second-order valence-corrected chi connectivity index (χ2v) is 10.6. The fourth-order valence-corrected chi connectivity index (χ4v) is 6.23. The number of rotatable bonds is 7. The van der Waals surface area contributed by atoms with Crippen LogP contribution >= 0.6 is 23.1 Å². The van der Waals surface area contributed by atoms with Crippen LogP contribution < -0.4 is 19.7 Å². The van der Waals surface area contributed by atoms with Crippen molar-refractivity contribution >= 4 is 40.0 Å². The van der Waals surface area contributed by atoms with E-state index in [1.807, 2.05) is 18.2 Å². The average molecular weight is 475 g/mol. The van der Waals surface area contributed by atoms with Crippen molar-refractivity contribution in [3.05, 3.63) is 23.8 Å². The van der Waals surface area contributed by atoms with Crippen LogP contribution in [0.3, 0.4) is 0 Å². The van der Waals surface area contributed by atoms with Gasteiger partial charge in [0.15, 0.2) is 15.8 Å². The summed E-state index contributed by atoms with van der Waals surface area (Å²) in [5.41, 5.74) is 0.689. The van der Waals surface area contributed by atoms with Gasteiger partial charge in [-0.1, -0.05) is 42.0 Å². The SMILES string of the molecule is CC(=O)N(c1nnc(SCC(=O)NC2(c3ccc4c(c3)OCCO4)CCCC2)s1)C1CC1. The van der Waals surface area contributed by atoms with Gasteiger partial charge in [-0.3, -0.25) is 14.5 Å². The van der Waals surface area contributed by atoms with Crippen LogP contribution in [0.2, 0.25) is 0 Å². The van der Waals surface area contributed by atoms with Crippen molar-refractivity contribution in [2.75, 3.05) is 23.9 Å². The van der Waals surface area contributed by atoms with Gasteiger partial charge in [-0.25, -0.2) is 0 Å². The van der Waals surface area contributed by atoms with E-state index >= 15 is 0 Å². The predicted octanol–water partition coefficient (Wildman–Crippen LogP) is 3.50. The number of nitrogens with one attached hydrogen (secondary N) is 1. The van der Waals surface area contributed by atoms with Crippen molar-refractivity contribution in [2.45, 2.75) is 61.4 Å². The van der Waals surface area contributed by atoms with Gasteiger partial charge in [-0.15, -0.1) is 10.2 Å². The Hall–Kier alpha value is -2.33. The maximum atomic E-state index is 12.9. The lowest BCUT2D eigenvalue weighted by Gasteiger charge is -2.32. The van der Waals surface area contributed by atoms with Crippen LogP contribution in [-0.2, 0) is 15.1 Å². The highest BCUT2D eigenvalue weighted by Gasteiger charge is 2.38. The lowest BCUT2D eigenvalue weighted by molar-refractivity contribution is -0.120. The van der Waals surface area contributed by atoms with Gasteiger partial charge in [0.1, 0.15) is 13.2 Å². The number of aromatic nitrogens is 2. The standard InChI is InChI=1S/C22H26N4O4S2/c1-14(27)26(16-5-6-16)20-24-25-21(32-20)31-13-19(28)23-22(8-2-3-9-22)15-4-7-17-18(12-15)30-11-10-29-17/h4,7,12,16H,2-3,5-6,8-11,13H2,1H3,(H,23,28). The van der Waals surface area contributed by atoms with Crippen LogP contribution in [0.5, 0.6) is 11.5 Å². The van der Waals surface area contributed by atoms with E-state index in [1.54, 1.807) is 11.8 Å². The number of thioether (sulfide) groups is 1. The first-order valence-electron chi connectivity index (χ1n) is 11.0. The molecule has 2 fully saturated rings. The Kier molecular flexibility index (Phi) is 5.98. The Morgan fingerprint density at radius 3 is 2.66 bits per heavy atom. The molecule has 5 rings (SSSR count). The summed E-state index contributed by atoms with van der Waals surface area (Å²) in [6.45, 7) is 2.65. The lowest BCUT2D eigenvalue weighted by Crippen LogP contribution is -2.44. The Bertz CT molecular complexity index is 1020. The van der Waals surface area contributed by atoms with E-state index in [0.717, 1.165) is 55.6 Å². The zero-order valence-electron chi connectivity index (χ0n) is 18.0. The molecule has 10 heteroatoms. The zero-order valence-corrected chi connectivity index (χ0v) is 19.6. The summed E-state index contributed by atoms with van der Waals surface area (Å²) < 4.78 is 12.1. The smallest absolute Gasteiger partial charge is 0.231 e. The van der Waals surface area contributed by atoms with Gasteiger partial charge in [-0.2, -0.15) is 0 Å². The Morgan fingerprint density at radius 1 is 1.19 bits per heavy atom. The van der Waals surface area contributed by atoms with Crippen LogP contribution in [0.25, 0.3) is 0 Å². The molecule has 170 valence electrons. The minimum atomic E-state index is -0.378. The molecule has 3 aliphatic rings. The molecule has 1 aliphatic heterocycles. The second kappa shape index (κ2) is 8.90. The van der Waals surface area contributed by atoms with E-state index < -0.39 is 0 Å². The molecule has 0 atom stereocenters. The van der Waals surface area contributed by atoms with E-state index in [4.69, 9.17) is 9.47 Å². The number of ether oxygens (including phenoxy) is 2. The topological polar surface area (TPSA) is 93.7 Å². The Balaban J connectivity index is 1.24. The van der Waals surface area contributed by atoms with Crippen LogP contribution in [0.15, 0.2) is 22.5 Å². The van der Waals surface area contributed by atoms with Gasteiger partial charge < -0.3 is 14.8 Å². The van der Waals surface area contributed by atoms with Gasteiger partial charge in [0.05, 0.1) is 11.3 Å². The largest absolute Gasteiger partial charge is 0.486 e. The zero-order chi connectivity index (χ0) is 22.1. The molecular weight excluding hydrogens is 448 g/mol. The molecule has 2 amide bonds. The average Bonchev–Trinajstić information content (AvgIpc) is 3.30. The molecule has 1 N–H and O–H groups in total. The van der Waals surface area contributed by atoms with Crippen LogP contribution in [0.4, 0.5) is 5.13 Å². The highest BCUT2D eigenvalue weighted by molar-refractivity contribution is 8.01. The first-order valence-corrected chi connectivity index (χ1v) is 12.8. The molecule has 8 nitrogen and oxygen atoms in total. The minimum Gasteiger partial charge on any atom is -0.486 e. The monoisotopic (exact) mass is 474 g/mol. The summed E-state index contributed by atoms with van der Waals surface area (Å²) in [5.74, 6) is 1.71. The van der Waals surface area contributed by atoms with Crippen molar-refractivity contribution < 1.29 is 19.1 Å². The van der Waals surface area contributed by atoms with Crippen molar-refractivity contribution in [1.29, 1.82) is 0 Å². The number of nitrogens with zero attached hydrogens (tertiary/aromatic N) is 3. The van der Waals surface area contributed by atoms with E-state index in [0.29, 0.717) is 22.7 Å². The summed E-state index contributed by atoms with van der Waals surface area (Å²) in [6, 6.07) is 6.24. The fourth-order valence-electron chi connectivity index (χ4n) is 4.47. The van der Waals surface area contributed by atoms with E-state index in [1.165, 1.54) is 23.1 Å². The first kappa shape index (κ1) is 21.5. The van der Waals surface area contributed by atoms with Crippen molar-refractivity contribution in [2.24, 2.45) is 0 Å². The van der Waals surface area contributed by atoms with Crippen LogP contribution in [-0.4, -0.2) is 47.0 Å². The van der Waals surface area contributed by atoms with Gasteiger partial charge in [0.2, 0.25) is 16.9 Å². The highest BCUT2D eigenvalue weighted by atomic mass is 32.2. The maximum Gasteiger partial charge on any atom is 0.231 e. The van der Waals surface area contributed by atoms with Gasteiger partial charge in [0.25, 0.3) is 0 Å². The summed E-state index contributed by atoms with van der Waals surface area (Å²) in [7, 11) is 0. The molecule has 32 heavy (non-hydrogen) atoms. The third-order valence-electron chi connectivity index (χ3n) is 6.11. The van der Waals surface area contributed by atoms with E-state index in [-0.39, 0.29) is 29.1 Å². The maximum absolute atomic E-state index is 12.9. The highest BCUT2D eigenvalue weighted by Crippen LogP contribution is 2.42. The number of amides is 2. The molecule has 0 bridgehead atoms. The molecule has 1 aromatic carbocycles. The van der Waals surface area contributed by atoms with Gasteiger partial charge >= 0.3 is 0 Å². The van der Waals surface area contributed by atoms with Gasteiger partial charge in [-0.05, 0) is 43.4 Å². The molecular formula is C22H26N4O4S2. The fraction of sp³-hybridized carbons (Fsp3) is 0.545. The number of carbonyl (C=O) groups is 2. The second-order valence-electron chi connectivity index (χ2n) is 8.46. The number of fused-ring (bicyclic) bond motifs is 1. The molecule has 2 aliphatic carbocycles. The molecule has 0 unspecified atom stereocenters. The number of anilines is 1. The van der Waals surface area contributed by atoms with Crippen LogP contribution in [0.1, 0.15) is 51.0 Å². The molecule has 2 heterocycles. The molecule has 0 radical (unpaired) electrons. The number of benzene rings is 1. The molecule has 1 aromatic heterocycles. The number of hydrogen-bond donors (Lipinski definition) is 1. The Morgan fingerprint density at radius 2 is 1.94 bits per heavy atom. The minimum absolute atomic E-state index is 0.0134. The van der Waals surface area contributed by atoms with E-state index in [2.05, 4.69) is 15.5 Å². The van der Waals surface area contributed by atoms with Gasteiger partial charge in [0, 0.05) is 13.0 Å². The predicted molar refractivity (Wildman–Crippen MR) is 123 cm³/mol. The molecule has 2 saturated carbocycles. The lowest BCUT2D eigenvalue weighted by atomic mass is 9.87. The quantitative estimate of drug-likeness (QED) is 0.485. The van der Waals surface area contributed by atoms with E-state index in [9.17, 15) is 9.59 Å². The van der Waals surface area contributed by atoms with Crippen molar-refractivity contribution in [1.82, 2.24) is 15.5 Å². The number of hydrogen-bond acceptors (Lipinski definition) is 8. The third-order valence-corrected chi connectivity index (χ3v) is 8.17. The summed E-state index contributed by atoms with van der Waals surface area (Å²) in [6.07, 6.45) is 5.97. The summed E-state index contributed by atoms with van der Waals surface area (Å²) in [5, 5.41) is 12.3. The molecule has 0 spiro atoms.